The summed E-state index contributed by atoms with van der Waals surface area (Å²) < 4.78 is 15.6. The lowest BCUT2D eigenvalue weighted by molar-refractivity contribution is -0.150. The minimum atomic E-state index is -1.16. The number of hydrogen-bond acceptors (Lipinski definition) is 8. The lowest BCUT2D eigenvalue weighted by Gasteiger charge is -2.44. The van der Waals surface area contributed by atoms with Gasteiger partial charge in [0.1, 0.15) is 17.5 Å². The van der Waals surface area contributed by atoms with Crippen LogP contribution in [0.3, 0.4) is 0 Å². The molecule has 9 heteroatoms. The van der Waals surface area contributed by atoms with Crippen molar-refractivity contribution < 1.29 is 28.6 Å². The van der Waals surface area contributed by atoms with E-state index in [1.807, 2.05) is 42.5 Å². The third kappa shape index (κ3) is 4.95. The molecule has 0 saturated carbocycles. The van der Waals surface area contributed by atoms with Crippen LogP contribution in [0.5, 0.6) is 5.75 Å². The third-order valence-corrected chi connectivity index (χ3v) is 7.87. The summed E-state index contributed by atoms with van der Waals surface area (Å²) in [4.78, 5) is 43.0. The van der Waals surface area contributed by atoms with Crippen LogP contribution < -0.4 is 15.4 Å². The highest BCUT2D eigenvalue weighted by molar-refractivity contribution is 6.30. The van der Waals surface area contributed by atoms with Gasteiger partial charge in [-0.3, -0.25) is 14.5 Å². The van der Waals surface area contributed by atoms with Crippen LogP contribution in [-0.4, -0.2) is 39.1 Å². The summed E-state index contributed by atoms with van der Waals surface area (Å²) >= 11 is 6.37. The van der Waals surface area contributed by atoms with Gasteiger partial charge < -0.3 is 19.9 Å². The zero-order valence-electron chi connectivity index (χ0n) is 22.8. The Bertz CT molecular complexity index is 1560. The summed E-state index contributed by atoms with van der Waals surface area (Å²) in [5, 5.41) is 0.418. The van der Waals surface area contributed by atoms with Crippen molar-refractivity contribution in [3.8, 4) is 5.75 Å². The summed E-state index contributed by atoms with van der Waals surface area (Å²) in [6.45, 7) is 0. The molecule has 5 rings (SSSR count). The summed E-state index contributed by atoms with van der Waals surface area (Å²) in [5.41, 5.74) is 9.72. The number of ketones is 1. The number of methoxy groups -OCH3 is 3. The summed E-state index contributed by atoms with van der Waals surface area (Å²) in [6.07, 6.45) is 0.258. The van der Waals surface area contributed by atoms with E-state index in [2.05, 4.69) is 0 Å². The van der Waals surface area contributed by atoms with Gasteiger partial charge in [-0.15, -0.1) is 0 Å². The number of carbonyl (C=O) groups is 3. The van der Waals surface area contributed by atoms with Crippen LogP contribution in [-0.2, 0) is 23.9 Å². The fourth-order valence-electron chi connectivity index (χ4n) is 5.79. The van der Waals surface area contributed by atoms with Gasteiger partial charge in [-0.2, -0.15) is 0 Å². The van der Waals surface area contributed by atoms with E-state index >= 15 is 0 Å². The van der Waals surface area contributed by atoms with Crippen molar-refractivity contribution in [2.75, 3.05) is 26.2 Å². The van der Waals surface area contributed by atoms with Crippen molar-refractivity contribution in [1.82, 2.24) is 0 Å². The Labute approximate surface area is 242 Å². The van der Waals surface area contributed by atoms with E-state index in [1.165, 1.54) is 14.2 Å². The van der Waals surface area contributed by atoms with Gasteiger partial charge in [0, 0.05) is 27.9 Å². The van der Waals surface area contributed by atoms with Crippen molar-refractivity contribution in [3.63, 3.8) is 0 Å². The first-order valence-electron chi connectivity index (χ1n) is 13.0. The molecule has 210 valence electrons. The Morgan fingerprint density at radius 1 is 0.902 bits per heavy atom. The van der Waals surface area contributed by atoms with Gasteiger partial charge in [-0.1, -0.05) is 54.1 Å². The Morgan fingerprint density at radius 3 is 2.22 bits per heavy atom. The van der Waals surface area contributed by atoms with Gasteiger partial charge in [0.25, 0.3) is 0 Å². The summed E-state index contributed by atoms with van der Waals surface area (Å²) in [6, 6.07) is 23.3. The van der Waals surface area contributed by atoms with E-state index in [1.54, 1.807) is 48.4 Å². The van der Waals surface area contributed by atoms with Gasteiger partial charge >= 0.3 is 11.9 Å². The van der Waals surface area contributed by atoms with Crippen molar-refractivity contribution in [2.24, 2.45) is 11.7 Å². The zero-order valence-corrected chi connectivity index (χ0v) is 23.6. The standard InChI is InChI=1S/C32H29ClN2O6/c1-39-22-14-12-18(13-15-22)23-17-24-27(29(36)26(23)31(37)40-2)25(19-8-7-9-20(33)16-19)28(32(38)41-3)30(34)35(24)21-10-5-4-6-11-21/h4-16,23,25-26H,17,34H2,1-3H3/t23-,25-,26+/m0/s1. The number of halogens is 1. The van der Waals surface area contributed by atoms with Crippen LogP contribution in [0.4, 0.5) is 5.69 Å². The zero-order chi connectivity index (χ0) is 29.3. The lowest BCUT2D eigenvalue weighted by Crippen LogP contribution is -2.46. The molecule has 0 fully saturated rings. The summed E-state index contributed by atoms with van der Waals surface area (Å²) in [7, 11) is 4.08. The maximum absolute atomic E-state index is 14.6. The second-order valence-corrected chi connectivity index (χ2v) is 10.2. The molecular weight excluding hydrogens is 544 g/mol. The van der Waals surface area contributed by atoms with Crippen molar-refractivity contribution in [1.29, 1.82) is 0 Å². The number of para-hydroxylation sites is 1. The molecule has 1 heterocycles. The number of Topliss-reactive ketones (excluding diaryl/α,β-unsaturated/α-hetero) is 1. The first kappa shape index (κ1) is 28.0. The molecular formula is C32H29ClN2O6. The van der Waals surface area contributed by atoms with Gasteiger partial charge in [0.2, 0.25) is 0 Å². The fourth-order valence-corrected chi connectivity index (χ4v) is 5.99. The molecule has 0 unspecified atom stereocenters. The molecule has 2 N–H and O–H groups in total. The van der Waals surface area contributed by atoms with Crippen molar-refractivity contribution in [2.45, 2.75) is 18.3 Å². The number of nitrogens with two attached hydrogens (primary N) is 1. The van der Waals surface area contributed by atoms with Crippen LogP contribution >= 0.6 is 11.6 Å². The molecule has 3 atom stereocenters. The normalized spacial score (nSPS) is 20.4. The average molecular weight is 573 g/mol. The van der Waals surface area contributed by atoms with Crippen LogP contribution in [0.1, 0.15) is 29.4 Å². The van der Waals surface area contributed by atoms with E-state index in [0.29, 0.717) is 27.7 Å². The first-order valence-corrected chi connectivity index (χ1v) is 13.4. The number of rotatable bonds is 6. The number of hydrogen-bond donors (Lipinski definition) is 1. The molecule has 3 aromatic carbocycles. The molecule has 0 radical (unpaired) electrons. The van der Waals surface area contributed by atoms with E-state index < -0.39 is 35.5 Å². The van der Waals surface area contributed by atoms with E-state index in [-0.39, 0.29) is 23.4 Å². The number of esters is 2. The largest absolute Gasteiger partial charge is 0.497 e. The highest BCUT2D eigenvalue weighted by atomic mass is 35.5. The predicted octanol–water partition coefficient (Wildman–Crippen LogP) is 5.10. The van der Waals surface area contributed by atoms with Crippen LogP contribution in [0.15, 0.2) is 102 Å². The monoisotopic (exact) mass is 572 g/mol. The molecule has 0 bridgehead atoms. The number of benzene rings is 3. The number of carbonyl (C=O) groups excluding carboxylic acids is 3. The highest BCUT2D eigenvalue weighted by Crippen LogP contribution is 2.51. The second-order valence-electron chi connectivity index (χ2n) is 9.76. The van der Waals surface area contributed by atoms with E-state index in [9.17, 15) is 14.4 Å². The first-order chi connectivity index (χ1) is 19.8. The Balaban J connectivity index is 1.81. The molecule has 1 aliphatic heterocycles. The van der Waals surface area contributed by atoms with E-state index in [4.69, 9.17) is 31.5 Å². The fraction of sp³-hybridized carbons (Fsp3) is 0.219. The maximum Gasteiger partial charge on any atom is 0.338 e. The topological polar surface area (TPSA) is 108 Å². The maximum atomic E-state index is 14.6. The number of anilines is 1. The minimum Gasteiger partial charge on any atom is -0.497 e. The SMILES string of the molecule is COC(=O)C1=C(N)N(c2ccccc2)C2=C(C(=O)[C@H](C(=O)OC)[C@H](c3ccc(OC)cc3)C2)[C@@H]1c1cccc(Cl)c1. The van der Waals surface area contributed by atoms with Crippen LogP contribution in [0, 0.1) is 5.92 Å². The minimum absolute atomic E-state index is 0.0808. The number of allylic oxidation sites excluding steroid dienone is 2. The second kappa shape index (κ2) is 11.5. The van der Waals surface area contributed by atoms with Gasteiger partial charge in [-0.25, -0.2) is 4.79 Å². The Hall–Kier alpha value is -4.56. The average Bonchev–Trinajstić information content (AvgIpc) is 3.00. The molecule has 1 aliphatic carbocycles. The van der Waals surface area contributed by atoms with Crippen molar-refractivity contribution in [3.05, 3.63) is 118 Å². The third-order valence-electron chi connectivity index (χ3n) is 7.64. The molecule has 0 amide bonds. The molecule has 3 aromatic rings. The van der Waals surface area contributed by atoms with Crippen LogP contribution in [0.2, 0.25) is 5.02 Å². The quantitative estimate of drug-likeness (QED) is 0.321. The summed E-state index contributed by atoms with van der Waals surface area (Å²) in [5.74, 6) is -3.70. The lowest BCUT2D eigenvalue weighted by atomic mass is 9.67. The molecule has 41 heavy (non-hydrogen) atoms. The molecule has 0 spiro atoms. The molecule has 2 aliphatic rings. The highest BCUT2D eigenvalue weighted by Gasteiger charge is 2.51. The Morgan fingerprint density at radius 2 is 1.61 bits per heavy atom. The number of nitrogens with zero attached hydrogens (tertiary/aromatic N) is 1. The Kier molecular flexibility index (Phi) is 7.85. The van der Waals surface area contributed by atoms with E-state index in [0.717, 1.165) is 5.56 Å². The molecule has 0 saturated heterocycles. The van der Waals surface area contributed by atoms with Gasteiger partial charge in [-0.05, 0) is 53.9 Å². The van der Waals surface area contributed by atoms with Gasteiger partial charge in [0.05, 0.1) is 32.8 Å². The number of ether oxygens (including phenoxy) is 3. The predicted molar refractivity (Wildman–Crippen MR) is 154 cm³/mol. The van der Waals surface area contributed by atoms with Crippen LogP contribution in [0.25, 0.3) is 0 Å². The smallest absolute Gasteiger partial charge is 0.338 e. The molecule has 8 nitrogen and oxygen atoms in total. The van der Waals surface area contributed by atoms with Gasteiger partial charge in [0.15, 0.2) is 5.78 Å². The molecule has 0 aromatic heterocycles. The van der Waals surface area contributed by atoms with Crippen molar-refractivity contribution >= 4 is 35.0 Å².